The van der Waals surface area contributed by atoms with Gasteiger partial charge in [0.25, 0.3) is 0 Å². The zero-order valence-electron chi connectivity index (χ0n) is 13.4. The number of fused-ring (bicyclic) bond motifs is 1. The predicted molar refractivity (Wildman–Crippen MR) is 88.7 cm³/mol. The van der Waals surface area contributed by atoms with E-state index in [0.29, 0.717) is 10.7 Å². The molecule has 1 aromatic carbocycles. The lowest BCUT2D eigenvalue weighted by Crippen LogP contribution is -2.09. The van der Waals surface area contributed by atoms with Gasteiger partial charge >= 0.3 is 5.97 Å². The zero-order valence-corrected chi connectivity index (χ0v) is 14.2. The highest BCUT2D eigenvalue weighted by molar-refractivity contribution is 7.20. The van der Waals surface area contributed by atoms with Gasteiger partial charge in [0.05, 0.1) is 36.3 Å². The van der Waals surface area contributed by atoms with Crippen LogP contribution in [0.25, 0.3) is 15.3 Å². The number of nitrogens with zero attached hydrogens (tertiary/aromatic N) is 3. The van der Waals surface area contributed by atoms with Crippen LogP contribution in [0.4, 0.5) is 0 Å². The number of rotatable bonds is 4. The first kappa shape index (κ1) is 15.5. The van der Waals surface area contributed by atoms with Crippen molar-refractivity contribution in [2.75, 3.05) is 14.2 Å². The number of hydrogen-bond acceptors (Lipinski definition) is 6. The van der Waals surface area contributed by atoms with E-state index in [1.165, 1.54) is 24.6 Å². The van der Waals surface area contributed by atoms with Crippen molar-refractivity contribution in [3.8, 4) is 10.9 Å². The van der Waals surface area contributed by atoms with E-state index < -0.39 is 0 Å². The molecule has 0 radical (unpaired) electrons. The lowest BCUT2D eigenvalue weighted by molar-refractivity contribution is 0.0599. The lowest BCUT2D eigenvalue weighted by atomic mass is 10.1. The van der Waals surface area contributed by atoms with Gasteiger partial charge in [0.2, 0.25) is 5.13 Å². The molecular formula is C16H17N3O3S. The highest BCUT2D eigenvalue weighted by atomic mass is 32.1. The van der Waals surface area contributed by atoms with Crippen molar-refractivity contribution in [2.45, 2.75) is 19.8 Å². The van der Waals surface area contributed by atoms with Gasteiger partial charge in [0.15, 0.2) is 0 Å². The fourth-order valence-electron chi connectivity index (χ4n) is 2.44. The van der Waals surface area contributed by atoms with Crippen molar-refractivity contribution >= 4 is 27.5 Å². The van der Waals surface area contributed by atoms with Gasteiger partial charge in [0.1, 0.15) is 11.3 Å². The number of aromatic nitrogens is 3. The predicted octanol–water partition coefficient (Wildman–Crippen LogP) is 3.40. The number of benzene rings is 1. The number of methoxy groups -OCH3 is 2. The van der Waals surface area contributed by atoms with Crippen LogP contribution in [-0.2, 0) is 4.74 Å². The molecule has 0 spiro atoms. The van der Waals surface area contributed by atoms with Crippen molar-refractivity contribution in [3.63, 3.8) is 0 Å². The molecular weight excluding hydrogens is 314 g/mol. The van der Waals surface area contributed by atoms with Crippen LogP contribution in [0, 0.1) is 0 Å². The maximum atomic E-state index is 11.9. The summed E-state index contributed by atoms with van der Waals surface area (Å²) in [6.45, 7) is 4.02. The number of esters is 1. The summed E-state index contributed by atoms with van der Waals surface area (Å²) in [6.07, 6.45) is 1.54. The number of carbonyl (C=O) groups excluding carboxylic acids is 1. The molecule has 0 aliphatic rings. The minimum Gasteiger partial charge on any atom is -0.497 e. The van der Waals surface area contributed by atoms with E-state index in [0.717, 1.165) is 21.7 Å². The Morgan fingerprint density at radius 3 is 2.74 bits per heavy atom. The number of hydrogen-bond donors (Lipinski definition) is 0. The van der Waals surface area contributed by atoms with Crippen LogP contribution >= 0.6 is 11.3 Å². The average Bonchev–Trinajstić information content (AvgIpc) is 3.16. The van der Waals surface area contributed by atoms with Crippen LogP contribution in [0.2, 0.25) is 0 Å². The van der Waals surface area contributed by atoms with E-state index in [1.807, 2.05) is 32.0 Å². The third-order valence-corrected chi connectivity index (χ3v) is 4.52. The number of carbonyl (C=O) groups is 1. The van der Waals surface area contributed by atoms with Gasteiger partial charge < -0.3 is 9.47 Å². The van der Waals surface area contributed by atoms with Gasteiger partial charge in [-0.3, -0.25) is 0 Å². The molecule has 23 heavy (non-hydrogen) atoms. The highest BCUT2D eigenvalue weighted by Gasteiger charge is 2.23. The van der Waals surface area contributed by atoms with Crippen molar-refractivity contribution in [3.05, 3.63) is 35.7 Å². The van der Waals surface area contributed by atoms with Gasteiger partial charge in [-0.05, 0) is 24.1 Å². The fraction of sp³-hybridized carbons (Fsp3) is 0.312. The SMILES string of the molecule is COC(=O)c1cnn(-c2nc3ccc(OC)cc3s2)c1C(C)C. The van der Waals surface area contributed by atoms with Crippen LogP contribution < -0.4 is 4.74 Å². The first-order chi connectivity index (χ1) is 11.0. The van der Waals surface area contributed by atoms with Gasteiger partial charge in [-0.2, -0.15) is 5.10 Å². The van der Waals surface area contributed by atoms with Gasteiger partial charge in [-0.25, -0.2) is 14.5 Å². The largest absolute Gasteiger partial charge is 0.497 e. The molecule has 6 nitrogen and oxygen atoms in total. The molecule has 3 aromatic rings. The monoisotopic (exact) mass is 331 g/mol. The van der Waals surface area contributed by atoms with Crippen LogP contribution in [0.5, 0.6) is 5.75 Å². The quantitative estimate of drug-likeness (QED) is 0.686. The Morgan fingerprint density at radius 1 is 1.30 bits per heavy atom. The van der Waals surface area contributed by atoms with Crippen molar-refractivity contribution < 1.29 is 14.3 Å². The molecule has 0 aliphatic carbocycles. The maximum absolute atomic E-state index is 11.9. The number of thiazole rings is 1. The van der Waals surface area contributed by atoms with E-state index in [-0.39, 0.29) is 11.9 Å². The van der Waals surface area contributed by atoms with E-state index in [9.17, 15) is 4.79 Å². The van der Waals surface area contributed by atoms with Crippen molar-refractivity contribution in [2.24, 2.45) is 0 Å². The molecule has 2 heterocycles. The molecule has 7 heteroatoms. The molecule has 0 bridgehead atoms. The maximum Gasteiger partial charge on any atom is 0.341 e. The molecule has 0 atom stereocenters. The van der Waals surface area contributed by atoms with Crippen LogP contribution in [0.3, 0.4) is 0 Å². The standard InChI is InChI=1S/C16H17N3O3S/c1-9(2)14-11(15(20)22-4)8-17-19(14)16-18-12-6-5-10(21-3)7-13(12)23-16/h5-9H,1-4H3. The molecule has 0 N–H and O–H groups in total. The first-order valence-electron chi connectivity index (χ1n) is 7.16. The zero-order chi connectivity index (χ0) is 16.6. The molecule has 0 amide bonds. The van der Waals surface area contributed by atoms with Crippen LogP contribution in [-0.4, -0.2) is 35.0 Å². The minimum atomic E-state index is -0.386. The van der Waals surface area contributed by atoms with Crippen molar-refractivity contribution in [1.29, 1.82) is 0 Å². The van der Waals surface area contributed by atoms with Crippen molar-refractivity contribution in [1.82, 2.24) is 14.8 Å². The third-order valence-electron chi connectivity index (χ3n) is 3.52. The van der Waals surface area contributed by atoms with E-state index in [2.05, 4.69) is 10.1 Å². The first-order valence-corrected chi connectivity index (χ1v) is 7.98. The molecule has 0 aliphatic heterocycles. The summed E-state index contributed by atoms with van der Waals surface area (Å²) in [7, 11) is 3.00. The summed E-state index contributed by atoms with van der Waals surface area (Å²) in [5.74, 6) is 0.503. The third kappa shape index (κ3) is 2.68. The van der Waals surface area contributed by atoms with E-state index >= 15 is 0 Å². The molecule has 0 unspecified atom stereocenters. The molecule has 3 rings (SSSR count). The Kier molecular flexibility index (Phi) is 4.04. The summed E-state index contributed by atoms with van der Waals surface area (Å²) >= 11 is 1.50. The Balaban J connectivity index is 2.14. The summed E-state index contributed by atoms with van der Waals surface area (Å²) in [6, 6.07) is 5.72. The second kappa shape index (κ2) is 6.00. The Morgan fingerprint density at radius 2 is 2.09 bits per heavy atom. The molecule has 2 aromatic heterocycles. The topological polar surface area (TPSA) is 66.2 Å². The van der Waals surface area contributed by atoms with Gasteiger partial charge in [-0.1, -0.05) is 25.2 Å². The van der Waals surface area contributed by atoms with E-state index in [4.69, 9.17) is 9.47 Å². The normalized spacial score (nSPS) is 11.2. The second-order valence-corrected chi connectivity index (χ2v) is 6.34. The summed E-state index contributed by atoms with van der Waals surface area (Å²) in [5.41, 5.74) is 2.14. The Hall–Kier alpha value is -2.41. The average molecular weight is 331 g/mol. The summed E-state index contributed by atoms with van der Waals surface area (Å²) in [4.78, 5) is 16.5. The molecule has 0 fully saturated rings. The van der Waals surface area contributed by atoms with Gasteiger partial charge in [-0.15, -0.1) is 0 Å². The highest BCUT2D eigenvalue weighted by Crippen LogP contribution is 2.31. The molecule has 0 saturated carbocycles. The number of ether oxygens (including phenoxy) is 2. The smallest absolute Gasteiger partial charge is 0.341 e. The Labute approximate surface area is 137 Å². The lowest BCUT2D eigenvalue weighted by Gasteiger charge is -2.09. The molecule has 120 valence electrons. The summed E-state index contributed by atoms with van der Waals surface area (Å²) in [5, 5.41) is 5.06. The minimum absolute atomic E-state index is 0.105. The van der Waals surface area contributed by atoms with Gasteiger partial charge in [0, 0.05) is 0 Å². The fourth-order valence-corrected chi connectivity index (χ4v) is 3.41. The molecule has 0 saturated heterocycles. The van der Waals surface area contributed by atoms with Crippen LogP contribution in [0.15, 0.2) is 24.4 Å². The Bertz CT molecular complexity index is 867. The summed E-state index contributed by atoms with van der Waals surface area (Å²) < 4.78 is 12.8. The van der Waals surface area contributed by atoms with Crippen LogP contribution in [0.1, 0.15) is 35.8 Å². The second-order valence-electron chi connectivity index (χ2n) is 5.33. The van der Waals surface area contributed by atoms with E-state index in [1.54, 1.807) is 11.8 Å².